The standard InChI is InChI=1S/C21H19F2N3O2S2/c1-12(2)24-19(27)11-29-18-6-4-3-5-14(18)20(28)26-21-25-17(10-30-21)13-7-8-15(22)16(23)9-13/h3-10,12H,11H2,1-2H3,(H,24,27)(H,25,26,28). The SMILES string of the molecule is CC(C)NC(=O)CSc1ccccc1C(=O)Nc1nc(-c2ccc(F)c(F)c2)cs1. The van der Waals surface area contributed by atoms with Crippen LogP contribution in [0.1, 0.15) is 24.2 Å². The molecule has 0 saturated heterocycles. The van der Waals surface area contributed by atoms with Gasteiger partial charge in [-0.2, -0.15) is 0 Å². The molecular weight excluding hydrogens is 428 g/mol. The molecule has 0 aliphatic rings. The number of thiazole rings is 1. The fraction of sp³-hybridized carbons (Fsp3) is 0.190. The van der Waals surface area contributed by atoms with E-state index in [9.17, 15) is 18.4 Å². The summed E-state index contributed by atoms with van der Waals surface area (Å²) in [5, 5.41) is 7.51. The summed E-state index contributed by atoms with van der Waals surface area (Å²) in [5.74, 6) is -2.17. The molecule has 2 aromatic carbocycles. The Hall–Kier alpha value is -2.78. The van der Waals surface area contributed by atoms with Crippen molar-refractivity contribution in [2.24, 2.45) is 0 Å². The van der Waals surface area contributed by atoms with E-state index in [2.05, 4.69) is 15.6 Å². The van der Waals surface area contributed by atoms with Crippen LogP contribution in [0.25, 0.3) is 11.3 Å². The van der Waals surface area contributed by atoms with E-state index in [1.807, 2.05) is 13.8 Å². The van der Waals surface area contributed by atoms with Gasteiger partial charge in [0.15, 0.2) is 16.8 Å². The molecule has 0 unspecified atom stereocenters. The molecule has 1 heterocycles. The van der Waals surface area contributed by atoms with Gasteiger partial charge in [0.25, 0.3) is 5.91 Å². The first kappa shape index (κ1) is 21.9. The minimum atomic E-state index is -0.960. The highest BCUT2D eigenvalue weighted by Gasteiger charge is 2.15. The Kier molecular flexibility index (Phi) is 7.17. The highest BCUT2D eigenvalue weighted by atomic mass is 32.2. The van der Waals surface area contributed by atoms with Crippen LogP contribution in [-0.4, -0.2) is 28.6 Å². The third-order valence-corrected chi connectivity index (χ3v) is 5.71. The second kappa shape index (κ2) is 9.82. The minimum Gasteiger partial charge on any atom is -0.353 e. The summed E-state index contributed by atoms with van der Waals surface area (Å²) in [5.41, 5.74) is 1.27. The first-order valence-electron chi connectivity index (χ1n) is 9.07. The number of hydrogen-bond acceptors (Lipinski definition) is 5. The maximum atomic E-state index is 13.4. The van der Waals surface area contributed by atoms with Crippen LogP contribution in [0.2, 0.25) is 0 Å². The number of halogens is 2. The van der Waals surface area contributed by atoms with E-state index in [0.717, 1.165) is 12.1 Å². The lowest BCUT2D eigenvalue weighted by atomic mass is 10.2. The van der Waals surface area contributed by atoms with E-state index < -0.39 is 11.6 Å². The van der Waals surface area contributed by atoms with Crippen LogP contribution in [0.3, 0.4) is 0 Å². The van der Waals surface area contributed by atoms with Gasteiger partial charge in [0.1, 0.15) is 0 Å². The second-order valence-corrected chi connectivity index (χ2v) is 8.50. The topological polar surface area (TPSA) is 71.1 Å². The number of rotatable bonds is 7. The average Bonchev–Trinajstić information content (AvgIpc) is 3.16. The summed E-state index contributed by atoms with van der Waals surface area (Å²) in [6, 6.07) is 10.5. The first-order valence-corrected chi connectivity index (χ1v) is 10.9. The number of amides is 2. The Bertz CT molecular complexity index is 1070. The number of benzene rings is 2. The molecule has 3 aromatic rings. The Labute approximate surface area is 180 Å². The molecule has 156 valence electrons. The van der Waals surface area contributed by atoms with Crippen molar-refractivity contribution < 1.29 is 18.4 Å². The van der Waals surface area contributed by atoms with E-state index in [4.69, 9.17) is 0 Å². The second-order valence-electron chi connectivity index (χ2n) is 6.63. The van der Waals surface area contributed by atoms with Crippen molar-refractivity contribution in [1.82, 2.24) is 10.3 Å². The maximum Gasteiger partial charge on any atom is 0.258 e. The van der Waals surface area contributed by atoms with Crippen LogP contribution in [0.15, 0.2) is 52.7 Å². The summed E-state index contributed by atoms with van der Waals surface area (Å²) in [7, 11) is 0. The first-order chi connectivity index (χ1) is 14.3. The van der Waals surface area contributed by atoms with Gasteiger partial charge in [0.2, 0.25) is 5.91 Å². The normalized spacial score (nSPS) is 10.8. The van der Waals surface area contributed by atoms with E-state index in [1.165, 1.54) is 29.2 Å². The number of aromatic nitrogens is 1. The molecule has 0 aliphatic heterocycles. The van der Waals surface area contributed by atoms with Crippen molar-refractivity contribution in [2.45, 2.75) is 24.8 Å². The molecule has 0 aliphatic carbocycles. The average molecular weight is 448 g/mol. The number of carbonyl (C=O) groups excluding carboxylic acids is 2. The summed E-state index contributed by atoms with van der Waals surface area (Å²) >= 11 is 2.45. The Morgan fingerprint density at radius 2 is 1.90 bits per heavy atom. The molecule has 0 atom stereocenters. The zero-order valence-corrected chi connectivity index (χ0v) is 17.9. The van der Waals surface area contributed by atoms with Crippen molar-refractivity contribution in [3.8, 4) is 11.3 Å². The zero-order valence-electron chi connectivity index (χ0n) is 16.2. The largest absolute Gasteiger partial charge is 0.353 e. The lowest BCUT2D eigenvalue weighted by Gasteiger charge is -2.10. The van der Waals surface area contributed by atoms with Crippen molar-refractivity contribution in [3.63, 3.8) is 0 Å². The van der Waals surface area contributed by atoms with Crippen LogP contribution in [0, 0.1) is 11.6 Å². The molecule has 2 amide bonds. The number of nitrogens with one attached hydrogen (secondary N) is 2. The van der Waals surface area contributed by atoms with Crippen molar-refractivity contribution in [1.29, 1.82) is 0 Å². The molecule has 30 heavy (non-hydrogen) atoms. The Morgan fingerprint density at radius 1 is 1.13 bits per heavy atom. The number of anilines is 1. The van der Waals surface area contributed by atoms with Crippen LogP contribution in [-0.2, 0) is 4.79 Å². The maximum absolute atomic E-state index is 13.4. The van der Waals surface area contributed by atoms with Gasteiger partial charge in [-0.25, -0.2) is 13.8 Å². The molecule has 2 N–H and O–H groups in total. The van der Waals surface area contributed by atoms with Gasteiger partial charge in [-0.1, -0.05) is 12.1 Å². The van der Waals surface area contributed by atoms with Gasteiger partial charge in [-0.3, -0.25) is 14.9 Å². The van der Waals surface area contributed by atoms with Crippen LogP contribution in [0.4, 0.5) is 13.9 Å². The van der Waals surface area contributed by atoms with Gasteiger partial charge >= 0.3 is 0 Å². The fourth-order valence-corrected chi connectivity index (χ4v) is 4.15. The lowest BCUT2D eigenvalue weighted by molar-refractivity contribution is -0.119. The Balaban J connectivity index is 1.70. The number of thioether (sulfide) groups is 1. The zero-order chi connectivity index (χ0) is 21.7. The molecule has 0 bridgehead atoms. The molecule has 0 saturated carbocycles. The van der Waals surface area contributed by atoms with Gasteiger partial charge in [0.05, 0.1) is 17.0 Å². The highest BCUT2D eigenvalue weighted by Crippen LogP contribution is 2.28. The van der Waals surface area contributed by atoms with Crippen molar-refractivity contribution >= 4 is 40.0 Å². The molecule has 0 spiro atoms. The molecule has 0 fully saturated rings. The predicted octanol–water partition coefficient (Wildman–Crippen LogP) is 4.96. The summed E-state index contributed by atoms with van der Waals surface area (Å²) in [4.78, 5) is 29.6. The summed E-state index contributed by atoms with van der Waals surface area (Å²) < 4.78 is 26.6. The monoisotopic (exact) mass is 447 g/mol. The van der Waals surface area contributed by atoms with Crippen LogP contribution < -0.4 is 10.6 Å². The van der Waals surface area contributed by atoms with E-state index in [0.29, 0.717) is 26.8 Å². The van der Waals surface area contributed by atoms with Gasteiger partial charge < -0.3 is 5.32 Å². The smallest absolute Gasteiger partial charge is 0.258 e. The molecule has 1 aromatic heterocycles. The van der Waals surface area contributed by atoms with Crippen LogP contribution >= 0.6 is 23.1 Å². The minimum absolute atomic E-state index is 0.0466. The highest BCUT2D eigenvalue weighted by molar-refractivity contribution is 8.00. The predicted molar refractivity (Wildman–Crippen MR) is 116 cm³/mol. The molecule has 0 radical (unpaired) electrons. The molecule has 9 heteroatoms. The van der Waals surface area contributed by atoms with Gasteiger partial charge in [-0.05, 0) is 44.2 Å². The van der Waals surface area contributed by atoms with Gasteiger partial charge in [-0.15, -0.1) is 23.1 Å². The molecular formula is C21H19F2N3O2S2. The van der Waals surface area contributed by atoms with Crippen molar-refractivity contribution in [2.75, 3.05) is 11.1 Å². The van der Waals surface area contributed by atoms with E-state index in [-0.39, 0.29) is 23.6 Å². The molecule has 3 rings (SSSR count). The van der Waals surface area contributed by atoms with E-state index in [1.54, 1.807) is 29.6 Å². The Morgan fingerprint density at radius 3 is 2.63 bits per heavy atom. The summed E-state index contributed by atoms with van der Waals surface area (Å²) in [6.07, 6.45) is 0. The summed E-state index contributed by atoms with van der Waals surface area (Å²) in [6.45, 7) is 3.76. The van der Waals surface area contributed by atoms with E-state index >= 15 is 0 Å². The fourth-order valence-electron chi connectivity index (χ4n) is 2.57. The number of carbonyl (C=O) groups is 2. The van der Waals surface area contributed by atoms with Gasteiger partial charge in [0, 0.05) is 21.9 Å². The third-order valence-electron chi connectivity index (χ3n) is 3.88. The molecule has 5 nitrogen and oxygen atoms in total. The lowest BCUT2D eigenvalue weighted by Crippen LogP contribution is -2.31. The van der Waals surface area contributed by atoms with Crippen molar-refractivity contribution in [3.05, 3.63) is 65.0 Å². The number of nitrogens with zero attached hydrogens (tertiary/aromatic N) is 1. The van der Waals surface area contributed by atoms with Crippen LogP contribution in [0.5, 0.6) is 0 Å². The number of hydrogen-bond donors (Lipinski definition) is 2. The quantitative estimate of drug-likeness (QED) is 0.503. The third kappa shape index (κ3) is 5.64.